The van der Waals surface area contributed by atoms with Gasteiger partial charge in [0.05, 0.1) is 23.4 Å². The number of non-ortho nitro benzene ring substituents is 1. The van der Waals surface area contributed by atoms with E-state index in [-0.39, 0.29) is 16.9 Å². The molecular formula is C22H16N4O6. The highest BCUT2D eigenvalue weighted by Gasteiger charge is 2.37. The van der Waals surface area contributed by atoms with Crippen LogP contribution >= 0.6 is 0 Å². The molecule has 4 amide bonds. The molecule has 2 heterocycles. The number of nitro groups is 1. The number of imide groups is 2. The average Bonchev–Trinajstić information content (AvgIpc) is 3.25. The summed E-state index contributed by atoms with van der Waals surface area (Å²) in [6.07, 6.45) is 2.97. The van der Waals surface area contributed by atoms with E-state index < -0.39 is 22.8 Å². The zero-order valence-corrected chi connectivity index (χ0v) is 16.7. The fraction of sp³-hybridized carbons (Fsp3) is 0.0455. The third kappa shape index (κ3) is 3.72. The number of urea groups is 1. The molecule has 10 nitrogen and oxygen atoms in total. The Bertz CT molecular complexity index is 1280. The van der Waals surface area contributed by atoms with Gasteiger partial charge in [0, 0.05) is 24.0 Å². The van der Waals surface area contributed by atoms with Gasteiger partial charge in [-0.3, -0.25) is 25.0 Å². The molecule has 0 radical (unpaired) electrons. The zero-order chi connectivity index (χ0) is 22.8. The second kappa shape index (κ2) is 8.19. The van der Waals surface area contributed by atoms with E-state index in [0.29, 0.717) is 17.1 Å². The van der Waals surface area contributed by atoms with Crippen LogP contribution in [0, 0.1) is 10.1 Å². The van der Waals surface area contributed by atoms with Crippen molar-refractivity contribution in [3.8, 4) is 11.4 Å². The molecule has 0 saturated carbocycles. The average molecular weight is 432 g/mol. The monoisotopic (exact) mass is 432 g/mol. The second-order valence-corrected chi connectivity index (χ2v) is 6.74. The normalized spacial score (nSPS) is 15.1. The first-order valence-corrected chi connectivity index (χ1v) is 9.37. The van der Waals surface area contributed by atoms with Gasteiger partial charge in [0.2, 0.25) is 0 Å². The maximum atomic E-state index is 13.1. The number of hydrogen-bond acceptors (Lipinski definition) is 6. The van der Waals surface area contributed by atoms with Crippen LogP contribution in [0.15, 0.2) is 72.4 Å². The SMILES string of the molecule is COc1ccc(N2C(=O)NC(=O)C(=Cc3cccn3-c3cccc([N+](=O)[O-])c3)C2=O)cc1. The lowest BCUT2D eigenvalue weighted by Crippen LogP contribution is -2.54. The van der Waals surface area contributed by atoms with Crippen molar-refractivity contribution in [1.29, 1.82) is 0 Å². The molecule has 0 bridgehead atoms. The number of nitrogens with one attached hydrogen (secondary N) is 1. The lowest BCUT2D eigenvalue weighted by molar-refractivity contribution is -0.384. The molecule has 10 heteroatoms. The Balaban J connectivity index is 1.72. The van der Waals surface area contributed by atoms with Gasteiger partial charge in [0.1, 0.15) is 11.3 Å². The van der Waals surface area contributed by atoms with Crippen molar-refractivity contribution in [3.63, 3.8) is 0 Å². The summed E-state index contributed by atoms with van der Waals surface area (Å²) >= 11 is 0. The first kappa shape index (κ1) is 20.5. The molecule has 0 aliphatic carbocycles. The minimum atomic E-state index is -0.864. The van der Waals surface area contributed by atoms with Crippen molar-refractivity contribution in [2.75, 3.05) is 12.0 Å². The van der Waals surface area contributed by atoms with Crippen molar-refractivity contribution in [2.24, 2.45) is 0 Å². The number of carbonyl (C=O) groups is 3. The molecule has 1 fully saturated rings. The number of nitrogens with zero attached hydrogens (tertiary/aromatic N) is 3. The number of nitro benzene ring substituents is 1. The lowest BCUT2D eigenvalue weighted by atomic mass is 10.1. The molecule has 0 unspecified atom stereocenters. The predicted octanol–water partition coefficient (Wildman–Crippen LogP) is 3.06. The predicted molar refractivity (Wildman–Crippen MR) is 114 cm³/mol. The number of benzene rings is 2. The van der Waals surface area contributed by atoms with Gasteiger partial charge in [-0.2, -0.15) is 0 Å². The summed E-state index contributed by atoms with van der Waals surface area (Å²) in [6.45, 7) is 0. The highest BCUT2D eigenvalue weighted by molar-refractivity contribution is 6.39. The molecule has 160 valence electrons. The summed E-state index contributed by atoms with van der Waals surface area (Å²) in [5.74, 6) is -1.09. The van der Waals surface area contributed by atoms with E-state index in [9.17, 15) is 24.5 Å². The number of amides is 4. The van der Waals surface area contributed by atoms with Crippen molar-refractivity contribution in [2.45, 2.75) is 0 Å². The van der Waals surface area contributed by atoms with Crippen molar-refractivity contribution >= 4 is 35.3 Å². The fourth-order valence-corrected chi connectivity index (χ4v) is 3.27. The first-order chi connectivity index (χ1) is 15.4. The van der Waals surface area contributed by atoms with Gasteiger partial charge in [0.15, 0.2) is 0 Å². The summed E-state index contributed by atoms with van der Waals surface area (Å²) < 4.78 is 6.67. The van der Waals surface area contributed by atoms with Crippen molar-refractivity contribution in [3.05, 3.63) is 88.2 Å². The quantitative estimate of drug-likeness (QED) is 0.286. The highest BCUT2D eigenvalue weighted by atomic mass is 16.6. The van der Waals surface area contributed by atoms with Gasteiger partial charge in [-0.15, -0.1) is 0 Å². The van der Waals surface area contributed by atoms with Crippen LogP contribution in [0.4, 0.5) is 16.2 Å². The Morgan fingerprint density at radius 3 is 2.44 bits per heavy atom. The minimum absolute atomic E-state index is 0.0995. The molecule has 1 aromatic heterocycles. The molecule has 0 spiro atoms. The molecule has 1 N–H and O–H groups in total. The molecule has 0 atom stereocenters. The number of hydrogen-bond donors (Lipinski definition) is 1. The number of barbiturate groups is 1. The zero-order valence-electron chi connectivity index (χ0n) is 16.7. The number of aromatic nitrogens is 1. The highest BCUT2D eigenvalue weighted by Crippen LogP contribution is 2.25. The topological polar surface area (TPSA) is 124 Å². The van der Waals surface area contributed by atoms with Gasteiger partial charge in [-0.05, 0) is 48.5 Å². The Labute approximate surface area is 181 Å². The summed E-state index contributed by atoms with van der Waals surface area (Å²) in [4.78, 5) is 49.3. The largest absolute Gasteiger partial charge is 0.497 e. The summed E-state index contributed by atoms with van der Waals surface area (Å²) in [6, 6.07) is 14.6. The summed E-state index contributed by atoms with van der Waals surface area (Å²) in [5.41, 5.74) is 0.806. The van der Waals surface area contributed by atoms with Gasteiger partial charge < -0.3 is 9.30 Å². The molecule has 4 rings (SSSR count). The van der Waals surface area contributed by atoms with Crippen LogP contribution in [0.2, 0.25) is 0 Å². The van der Waals surface area contributed by atoms with E-state index in [2.05, 4.69) is 5.32 Å². The van der Waals surface area contributed by atoms with Crippen LogP contribution < -0.4 is 15.0 Å². The van der Waals surface area contributed by atoms with E-state index in [1.807, 2.05) is 0 Å². The maximum absolute atomic E-state index is 13.1. The van der Waals surface area contributed by atoms with Gasteiger partial charge in [-0.1, -0.05) is 6.07 Å². The molecule has 2 aromatic carbocycles. The Kier molecular flexibility index (Phi) is 5.25. The standard InChI is InChI=1S/C22H16N4O6/c1-32-18-9-7-14(8-10-18)25-21(28)19(20(27)23-22(25)29)13-16-6-3-11-24(16)15-4-2-5-17(12-15)26(30)31/h2-13H,1H3,(H,23,27,29). The summed E-state index contributed by atoms with van der Waals surface area (Å²) in [5, 5.41) is 13.3. The summed E-state index contributed by atoms with van der Waals surface area (Å²) in [7, 11) is 1.49. The van der Waals surface area contributed by atoms with E-state index in [1.165, 1.54) is 43.5 Å². The Morgan fingerprint density at radius 1 is 1.00 bits per heavy atom. The van der Waals surface area contributed by atoms with E-state index >= 15 is 0 Å². The van der Waals surface area contributed by atoms with Crippen molar-refractivity contribution in [1.82, 2.24) is 9.88 Å². The molecule has 1 aliphatic rings. The van der Waals surface area contributed by atoms with Gasteiger partial charge in [-0.25, -0.2) is 9.69 Å². The third-order valence-electron chi connectivity index (χ3n) is 4.82. The third-order valence-corrected chi connectivity index (χ3v) is 4.82. The van der Waals surface area contributed by atoms with E-state index in [4.69, 9.17) is 4.74 Å². The number of carbonyl (C=O) groups excluding carboxylic acids is 3. The number of anilines is 1. The van der Waals surface area contributed by atoms with Crippen LogP contribution in [0.5, 0.6) is 5.75 Å². The Morgan fingerprint density at radius 2 is 1.75 bits per heavy atom. The minimum Gasteiger partial charge on any atom is -0.497 e. The molecular weight excluding hydrogens is 416 g/mol. The van der Waals surface area contributed by atoms with Crippen LogP contribution in [-0.2, 0) is 9.59 Å². The molecule has 32 heavy (non-hydrogen) atoms. The van der Waals surface area contributed by atoms with Gasteiger partial charge in [0.25, 0.3) is 17.5 Å². The van der Waals surface area contributed by atoms with E-state index in [0.717, 1.165) is 4.90 Å². The van der Waals surface area contributed by atoms with Crippen LogP contribution in [0.25, 0.3) is 11.8 Å². The van der Waals surface area contributed by atoms with Crippen molar-refractivity contribution < 1.29 is 24.0 Å². The smallest absolute Gasteiger partial charge is 0.335 e. The number of methoxy groups -OCH3 is 1. The van der Waals surface area contributed by atoms with E-state index in [1.54, 1.807) is 41.1 Å². The fourth-order valence-electron chi connectivity index (χ4n) is 3.27. The van der Waals surface area contributed by atoms with Crippen LogP contribution in [0.3, 0.4) is 0 Å². The van der Waals surface area contributed by atoms with Gasteiger partial charge >= 0.3 is 6.03 Å². The maximum Gasteiger partial charge on any atom is 0.335 e. The first-order valence-electron chi connectivity index (χ1n) is 9.37. The molecule has 1 saturated heterocycles. The number of ether oxygens (including phenoxy) is 1. The van der Waals surface area contributed by atoms with Crippen LogP contribution in [-0.4, -0.2) is 34.4 Å². The molecule has 3 aromatic rings. The molecule has 1 aliphatic heterocycles. The second-order valence-electron chi connectivity index (χ2n) is 6.74. The number of rotatable bonds is 5. The Hall–Kier alpha value is -4.73. The van der Waals surface area contributed by atoms with Crippen LogP contribution in [0.1, 0.15) is 5.69 Å². The lowest BCUT2D eigenvalue weighted by Gasteiger charge is -2.26.